The lowest BCUT2D eigenvalue weighted by Gasteiger charge is -2.19. The van der Waals surface area contributed by atoms with Crippen LogP contribution >= 0.6 is 23.2 Å². The lowest BCUT2D eigenvalue weighted by Crippen LogP contribution is -2.27. The first kappa shape index (κ1) is 17.7. The predicted molar refractivity (Wildman–Crippen MR) is 76.1 cm³/mol. The van der Waals surface area contributed by atoms with Gasteiger partial charge in [-0.1, -0.05) is 19.6 Å². The summed E-state index contributed by atoms with van der Waals surface area (Å²) >= 11 is 11.1. The van der Waals surface area contributed by atoms with E-state index in [-0.39, 0.29) is 6.29 Å². The van der Waals surface area contributed by atoms with Gasteiger partial charge in [-0.3, -0.25) is 0 Å². The standard InChI is InChI=1S/C11H24Cl2O3Si/c1-17(2,3)9-8-14-10-11(15-6-4-12)16-7-5-13/h11H,4-10H2,1-3H3. The molecule has 104 valence electrons. The lowest BCUT2D eigenvalue weighted by atomic mass is 10.6. The summed E-state index contributed by atoms with van der Waals surface area (Å²) in [5.41, 5.74) is 0. The molecule has 0 aliphatic heterocycles. The van der Waals surface area contributed by atoms with Crippen LogP contribution in [-0.4, -0.2) is 52.6 Å². The number of ether oxygens (including phenoxy) is 3. The molecule has 0 radical (unpaired) electrons. The first-order valence-electron chi connectivity index (χ1n) is 5.92. The summed E-state index contributed by atoms with van der Waals surface area (Å²) in [4.78, 5) is 0. The molecule has 0 spiro atoms. The average molecular weight is 303 g/mol. The Morgan fingerprint density at radius 3 is 1.88 bits per heavy atom. The van der Waals surface area contributed by atoms with Crippen LogP contribution in [0.25, 0.3) is 0 Å². The average Bonchev–Trinajstić information content (AvgIpc) is 2.25. The summed E-state index contributed by atoms with van der Waals surface area (Å²) < 4.78 is 16.4. The van der Waals surface area contributed by atoms with Crippen molar-refractivity contribution in [2.24, 2.45) is 0 Å². The first-order chi connectivity index (χ1) is 7.99. The minimum absolute atomic E-state index is 0.353. The molecule has 0 saturated carbocycles. The van der Waals surface area contributed by atoms with Crippen molar-refractivity contribution >= 4 is 31.3 Å². The highest BCUT2D eigenvalue weighted by molar-refractivity contribution is 6.76. The second-order valence-electron chi connectivity index (χ2n) is 4.93. The van der Waals surface area contributed by atoms with Crippen molar-refractivity contribution in [2.75, 3.05) is 38.2 Å². The van der Waals surface area contributed by atoms with Gasteiger partial charge in [0.25, 0.3) is 0 Å². The summed E-state index contributed by atoms with van der Waals surface area (Å²) in [6, 6.07) is 1.14. The zero-order valence-electron chi connectivity index (χ0n) is 11.0. The zero-order chi connectivity index (χ0) is 13.1. The number of hydrogen-bond acceptors (Lipinski definition) is 3. The summed E-state index contributed by atoms with van der Waals surface area (Å²) in [5, 5.41) is 0. The fourth-order valence-corrected chi connectivity index (χ4v) is 1.99. The summed E-state index contributed by atoms with van der Waals surface area (Å²) in [6.45, 7) is 9.10. The quantitative estimate of drug-likeness (QED) is 0.254. The summed E-state index contributed by atoms with van der Waals surface area (Å²) in [7, 11) is -1.03. The molecule has 0 aromatic heterocycles. The number of alkyl halides is 2. The van der Waals surface area contributed by atoms with Gasteiger partial charge < -0.3 is 14.2 Å². The Labute approximate surface area is 116 Å². The molecule has 6 heteroatoms. The zero-order valence-corrected chi connectivity index (χ0v) is 13.5. The second-order valence-corrected chi connectivity index (χ2v) is 11.3. The van der Waals surface area contributed by atoms with E-state index >= 15 is 0 Å². The van der Waals surface area contributed by atoms with Gasteiger partial charge in [0.15, 0.2) is 6.29 Å². The molecule has 0 aromatic rings. The smallest absolute Gasteiger partial charge is 0.180 e. The number of rotatable bonds is 11. The minimum atomic E-state index is -1.03. The fourth-order valence-electron chi connectivity index (χ4n) is 1.05. The molecule has 0 rings (SSSR count). The van der Waals surface area contributed by atoms with E-state index in [1.165, 1.54) is 0 Å². The Balaban J connectivity index is 3.66. The van der Waals surface area contributed by atoms with E-state index in [0.717, 1.165) is 12.7 Å². The summed E-state index contributed by atoms with van der Waals surface area (Å²) in [6.07, 6.45) is -0.353. The van der Waals surface area contributed by atoms with E-state index < -0.39 is 8.07 Å². The normalized spacial score (nSPS) is 12.4. The molecule has 0 heterocycles. The van der Waals surface area contributed by atoms with Crippen LogP contribution in [0.15, 0.2) is 0 Å². The molecule has 3 nitrogen and oxygen atoms in total. The Kier molecular flexibility index (Phi) is 11.0. The van der Waals surface area contributed by atoms with Crippen molar-refractivity contribution in [3.63, 3.8) is 0 Å². The van der Waals surface area contributed by atoms with Gasteiger partial charge in [0.05, 0.1) is 19.8 Å². The van der Waals surface area contributed by atoms with Gasteiger partial charge in [0.1, 0.15) is 0 Å². The third-order valence-corrected chi connectivity index (χ3v) is 4.02. The molecule has 0 aliphatic carbocycles. The maximum Gasteiger partial charge on any atom is 0.180 e. The minimum Gasteiger partial charge on any atom is -0.376 e. The van der Waals surface area contributed by atoms with Crippen molar-refractivity contribution in [1.29, 1.82) is 0 Å². The van der Waals surface area contributed by atoms with E-state index in [9.17, 15) is 0 Å². The van der Waals surface area contributed by atoms with E-state index in [4.69, 9.17) is 37.4 Å². The Bertz CT molecular complexity index is 169. The van der Waals surface area contributed by atoms with Crippen molar-refractivity contribution < 1.29 is 14.2 Å². The SMILES string of the molecule is C[Si](C)(C)CCOCC(OCCCl)OCCCl. The van der Waals surface area contributed by atoms with Crippen LogP contribution in [0.2, 0.25) is 25.7 Å². The Morgan fingerprint density at radius 1 is 0.941 bits per heavy atom. The van der Waals surface area contributed by atoms with Gasteiger partial charge in [0, 0.05) is 26.4 Å². The summed E-state index contributed by atoms with van der Waals surface area (Å²) in [5.74, 6) is 0.908. The molecule has 0 bridgehead atoms. The van der Waals surface area contributed by atoms with Gasteiger partial charge in [-0.2, -0.15) is 0 Å². The molecular weight excluding hydrogens is 279 g/mol. The maximum atomic E-state index is 5.56. The van der Waals surface area contributed by atoms with Gasteiger partial charge in [-0.25, -0.2) is 0 Å². The molecule has 0 fully saturated rings. The van der Waals surface area contributed by atoms with E-state index in [1.54, 1.807) is 0 Å². The molecule has 0 aliphatic rings. The number of hydrogen-bond donors (Lipinski definition) is 0. The monoisotopic (exact) mass is 302 g/mol. The highest BCUT2D eigenvalue weighted by Crippen LogP contribution is 2.08. The molecule has 0 N–H and O–H groups in total. The van der Waals surface area contributed by atoms with Crippen molar-refractivity contribution in [2.45, 2.75) is 32.0 Å². The highest BCUT2D eigenvalue weighted by atomic mass is 35.5. The van der Waals surface area contributed by atoms with Gasteiger partial charge >= 0.3 is 0 Å². The Morgan fingerprint density at radius 2 is 1.47 bits per heavy atom. The van der Waals surface area contributed by atoms with E-state index in [1.807, 2.05) is 0 Å². The van der Waals surface area contributed by atoms with Gasteiger partial charge in [0.2, 0.25) is 0 Å². The largest absolute Gasteiger partial charge is 0.376 e. The molecule has 17 heavy (non-hydrogen) atoms. The third kappa shape index (κ3) is 12.9. The number of halogens is 2. The third-order valence-electron chi connectivity index (χ3n) is 2.01. The van der Waals surface area contributed by atoms with Crippen LogP contribution in [0.5, 0.6) is 0 Å². The Hall–Kier alpha value is 0.677. The molecule has 0 atom stereocenters. The van der Waals surface area contributed by atoms with Crippen LogP contribution in [0, 0.1) is 0 Å². The first-order valence-corrected chi connectivity index (χ1v) is 10.7. The molecule has 0 saturated heterocycles. The second kappa shape index (κ2) is 10.6. The van der Waals surface area contributed by atoms with Crippen LogP contribution < -0.4 is 0 Å². The van der Waals surface area contributed by atoms with Crippen LogP contribution in [0.1, 0.15) is 0 Å². The topological polar surface area (TPSA) is 27.7 Å². The van der Waals surface area contributed by atoms with Gasteiger partial charge in [-0.15, -0.1) is 23.2 Å². The predicted octanol–water partition coefficient (Wildman–Crippen LogP) is 3.18. The van der Waals surface area contributed by atoms with E-state index in [0.29, 0.717) is 31.6 Å². The van der Waals surface area contributed by atoms with Crippen LogP contribution in [0.4, 0.5) is 0 Å². The van der Waals surface area contributed by atoms with Gasteiger partial charge in [-0.05, 0) is 6.04 Å². The highest BCUT2D eigenvalue weighted by Gasteiger charge is 2.14. The van der Waals surface area contributed by atoms with Crippen LogP contribution in [0.3, 0.4) is 0 Å². The van der Waals surface area contributed by atoms with Crippen molar-refractivity contribution in [3.05, 3.63) is 0 Å². The molecule has 0 amide bonds. The molecule has 0 aromatic carbocycles. The fraction of sp³-hybridized carbons (Fsp3) is 1.00. The maximum absolute atomic E-state index is 5.56. The molecule has 0 unspecified atom stereocenters. The lowest BCUT2D eigenvalue weighted by molar-refractivity contribution is -0.165. The van der Waals surface area contributed by atoms with Crippen molar-refractivity contribution in [1.82, 2.24) is 0 Å². The van der Waals surface area contributed by atoms with E-state index in [2.05, 4.69) is 19.6 Å². The van der Waals surface area contributed by atoms with Crippen LogP contribution in [-0.2, 0) is 14.2 Å². The molecular formula is C11H24Cl2O3Si. The van der Waals surface area contributed by atoms with Crippen molar-refractivity contribution in [3.8, 4) is 0 Å².